The molecular formula is C27H32N4O3. The lowest BCUT2D eigenvalue weighted by atomic mass is 9.97. The van der Waals surface area contributed by atoms with Gasteiger partial charge in [-0.2, -0.15) is 0 Å². The fourth-order valence-corrected chi connectivity index (χ4v) is 3.74. The number of aliphatic hydroxyl groups excluding tert-OH is 1. The predicted molar refractivity (Wildman–Crippen MR) is 135 cm³/mol. The summed E-state index contributed by atoms with van der Waals surface area (Å²) < 4.78 is 0. The number of benzene rings is 2. The molecule has 0 saturated heterocycles. The van der Waals surface area contributed by atoms with Crippen LogP contribution in [-0.4, -0.2) is 27.9 Å². The Labute approximate surface area is 200 Å². The molecule has 0 saturated carbocycles. The molecule has 0 aliphatic rings. The van der Waals surface area contributed by atoms with E-state index in [4.69, 9.17) is 5.73 Å². The zero-order valence-corrected chi connectivity index (χ0v) is 20.1. The largest absolute Gasteiger partial charge is 0.383 e. The van der Waals surface area contributed by atoms with E-state index in [9.17, 15) is 14.7 Å². The molecule has 34 heavy (non-hydrogen) atoms. The molecule has 1 unspecified atom stereocenters. The number of nitrogen functional groups attached to an aromatic ring is 1. The number of nitrogens with one attached hydrogen (secondary N) is 2. The number of hydrogen-bond acceptors (Lipinski definition) is 5. The van der Waals surface area contributed by atoms with Gasteiger partial charge in [0.05, 0.1) is 5.56 Å². The van der Waals surface area contributed by atoms with Crippen molar-refractivity contribution in [3.8, 4) is 11.1 Å². The first-order valence-electron chi connectivity index (χ1n) is 11.5. The number of aryl methyl sites for hydroxylation is 2. The molecular weight excluding hydrogens is 428 g/mol. The van der Waals surface area contributed by atoms with Crippen LogP contribution in [0.5, 0.6) is 0 Å². The summed E-state index contributed by atoms with van der Waals surface area (Å²) in [6.45, 7) is 7.79. The van der Waals surface area contributed by atoms with Crippen LogP contribution in [0.25, 0.3) is 11.1 Å². The van der Waals surface area contributed by atoms with E-state index < -0.39 is 12.0 Å². The number of rotatable bonds is 8. The Morgan fingerprint density at radius 3 is 2.50 bits per heavy atom. The Balaban J connectivity index is 1.85. The smallest absolute Gasteiger partial charge is 0.257 e. The molecule has 1 heterocycles. The lowest BCUT2D eigenvalue weighted by molar-refractivity contribution is -0.124. The Bertz CT molecular complexity index is 1190. The summed E-state index contributed by atoms with van der Waals surface area (Å²) in [6.07, 6.45) is 1.89. The van der Waals surface area contributed by atoms with E-state index in [1.807, 2.05) is 58.0 Å². The predicted octanol–water partition coefficient (Wildman–Crippen LogP) is 4.27. The molecule has 3 rings (SSSR count). The van der Waals surface area contributed by atoms with Crippen LogP contribution in [0.2, 0.25) is 0 Å². The number of nitrogens with two attached hydrogens (primary N) is 1. The van der Waals surface area contributed by atoms with Gasteiger partial charge in [-0.05, 0) is 67.1 Å². The lowest BCUT2D eigenvalue weighted by Gasteiger charge is -2.16. The first kappa shape index (κ1) is 24.9. The molecule has 0 bridgehead atoms. The van der Waals surface area contributed by atoms with Crippen LogP contribution in [0.3, 0.4) is 0 Å². The SMILES string of the molecule is CCc1cccc(C(O)C(=O)Nc2ccc(-c3cnc(N)c(C(=O)NC(C)C)c3)c(CC)c2)c1. The van der Waals surface area contributed by atoms with E-state index in [0.29, 0.717) is 23.2 Å². The van der Waals surface area contributed by atoms with Gasteiger partial charge in [-0.15, -0.1) is 0 Å². The number of aromatic nitrogens is 1. The third-order valence-corrected chi connectivity index (χ3v) is 5.57. The molecule has 0 aliphatic carbocycles. The van der Waals surface area contributed by atoms with Gasteiger partial charge in [-0.25, -0.2) is 4.98 Å². The van der Waals surface area contributed by atoms with Crippen molar-refractivity contribution in [1.82, 2.24) is 10.3 Å². The van der Waals surface area contributed by atoms with Gasteiger partial charge in [0.15, 0.2) is 6.10 Å². The third-order valence-electron chi connectivity index (χ3n) is 5.57. The normalized spacial score (nSPS) is 11.8. The van der Waals surface area contributed by atoms with Gasteiger partial charge in [0, 0.05) is 23.5 Å². The van der Waals surface area contributed by atoms with Gasteiger partial charge in [0.25, 0.3) is 11.8 Å². The van der Waals surface area contributed by atoms with Gasteiger partial charge in [0.1, 0.15) is 5.82 Å². The molecule has 5 N–H and O–H groups in total. The van der Waals surface area contributed by atoms with Crippen molar-refractivity contribution in [2.24, 2.45) is 0 Å². The van der Waals surface area contributed by atoms with Crippen molar-refractivity contribution >= 4 is 23.3 Å². The van der Waals surface area contributed by atoms with Crippen molar-refractivity contribution in [3.63, 3.8) is 0 Å². The van der Waals surface area contributed by atoms with Crippen LogP contribution in [0.15, 0.2) is 54.7 Å². The number of anilines is 2. The van der Waals surface area contributed by atoms with Crippen molar-refractivity contribution in [1.29, 1.82) is 0 Å². The van der Waals surface area contributed by atoms with Gasteiger partial charge < -0.3 is 21.5 Å². The van der Waals surface area contributed by atoms with Gasteiger partial charge in [0.2, 0.25) is 0 Å². The molecule has 2 amide bonds. The Kier molecular flexibility index (Phi) is 8.02. The molecule has 0 aliphatic heterocycles. The Morgan fingerprint density at radius 2 is 1.82 bits per heavy atom. The van der Waals surface area contributed by atoms with Gasteiger partial charge in [-0.1, -0.05) is 44.2 Å². The highest BCUT2D eigenvalue weighted by Crippen LogP contribution is 2.29. The Hall–Kier alpha value is -3.71. The molecule has 7 nitrogen and oxygen atoms in total. The van der Waals surface area contributed by atoms with Crippen molar-refractivity contribution < 1.29 is 14.7 Å². The maximum Gasteiger partial charge on any atom is 0.257 e. The molecule has 0 radical (unpaired) electrons. The maximum absolute atomic E-state index is 12.7. The third kappa shape index (κ3) is 5.80. The van der Waals surface area contributed by atoms with Gasteiger partial charge >= 0.3 is 0 Å². The summed E-state index contributed by atoms with van der Waals surface area (Å²) in [5.74, 6) is -0.597. The van der Waals surface area contributed by atoms with Crippen molar-refractivity contribution in [2.45, 2.75) is 52.7 Å². The van der Waals surface area contributed by atoms with Crippen LogP contribution in [-0.2, 0) is 17.6 Å². The first-order valence-corrected chi connectivity index (χ1v) is 11.5. The molecule has 0 fully saturated rings. The standard InChI is InChI=1S/C27H32N4O3/c1-5-17-8-7-9-19(12-17)24(32)27(34)31-21-10-11-22(18(6-2)13-21)20-14-23(25(28)29-15-20)26(33)30-16(3)4/h7-16,24,32H,5-6H2,1-4H3,(H2,28,29)(H,30,33)(H,31,34). The van der Waals surface area contributed by atoms with E-state index in [-0.39, 0.29) is 17.8 Å². The van der Waals surface area contributed by atoms with Crippen LogP contribution in [0.1, 0.15) is 60.8 Å². The molecule has 1 aromatic heterocycles. The minimum Gasteiger partial charge on any atom is -0.383 e. The summed E-state index contributed by atoms with van der Waals surface area (Å²) in [6, 6.07) is 14.6. The Morgan fingerprint density at radius 1 is 1.06 bits per heavy atom. The second-order valence-electron chi connectivity index (χ2n) is 8.50. The highest BCUT2D eigenvalue weighted by molar-refractivity contribution is 6.00. The summed E-state index contributed by atoms with van der Waals surface area (Å²) >= 11 is 0. The molecule has 178 valence electrons. The summed E-state index contributed by atoms with van der Waals surface area (Å²) in [5, 5.41) is 16.2. The van der Waals surface area contributed by atoms with E-state index in [2.05, 4.69) is 15.6 Å². The maximum atomic E-state index is 12.7. The van der Waals surface area contributed by atoms with Crippen LogP contribution >= 0.6 is 0 Å². The lowest BCUT2D eigenvalue weighted by Crippen LogP contribution is -2.30. The van der Waals surface area contributed by atoms with Gasteiger partial charge in [-0.3, -0.25) is 9.59 Å². The fraction of sp³-hybridized carbons (Fsp3) is 0.296. The fourth-order valence-electron chi connectivity index (χ4n) is 3.74. The number of aliphatic hydroxyl groups is 1. The molecule has 1 atom stereocenters. The van der Waals surface area contributed by atoms with E-state index in [1.54, 1.807) is 24.4 Å². The number of nitrogens with zero attached hydrogens (tertiary/aromatic N) is 1. The topological polar surface area (TPSA) is 117 Å². The minimum atomic E-state index is -1.26. The highest BCUT2D eigenvalue weighted by atomic mass is 16.3. The number of hydrogen-bond donors (Lipinski definition) is 4. The molecule has 7 heteroatoms. The molecule has 2 aromatic carbocycles. The zero-order chi connectivity index (χ0) is 24.8. The summed E-state index contributed by atoms with van der Waals surface area (Å²) in [7, 11) is 0. The highest BCUT2D eigenvalue weighted by Gasteiger charge is 2.19. The average molecular weight is 461 g/mol. The first-order chi connectivity index (χ1) is 16.2. The quantitative estimate of drug-likeness (QED) is 0.401. The number of pyridine rings is 1. The summed E-state index contributed by atoms with van der Waals surface area (Å²) in [4.78, 5) is 29.4. The van der Waals surface area contributed by atoms with Crippen molar-refractivity contribution in [3.05, 3.63) is 77.0 Å². The van der Waals surface area contributed by atoms with E-state index >= 15 is 0 Å². The zero-order valence-electron chi connectivity index (χ0n) is 20.1. The number of amides is 2. The number of carbonyl (C=O) groups excluding carboxylic acids is 2. The number of carbonyl (C=O) groups is 2. The second-order valence-corrected chi connectivity index (χ2v) is 8.50. The minimum absolute atomic E-state index is 0.0237. The average Bonchev–Trinajstić information content (AvgIpc) is 2.83. The second kappa shape index (κ2) is 10.9. The summed E-state index contributed by atoms with van der Waals surface area (Å²) in [5.41, 5.74) is 11.1. The molecule has 0 spiro atoms. The van der Waals surface area contributed by atoms with E-state index in [0.717, 1.165) is 28.7 Å². The van der Waals surface area contributed by atoms with E-state index in [1.165, 1.54) is 0 Å². The van der Waals surface area contributed by atoms with Crippen LogP contribution in [0, 0.1) is 0 Å². The van der Waals surface area contributed by atoms with Crippen molar-refractivity contribution in [2.75, 3.05) is 11.1 Å². The van der Waals surface area contributed by atoms with Crippen LogP contribution < -0.4 is 16.4 Å². The monoisotopic (exact) mass is 460 g/mol. The van der Waals surface area contributed by atoms with Crippen LogP contribution in [0.4, 0.5) is 11.5 Å². The molecule has 3 aromatic rings.